The number of carbonyl (C=O) groups excluding carboxylic acids is 3. The zero-order valence-electron chi connectivity index (χ0n) is 18.0. The molecule has 0 unspecified atom stereocenters. The smallest absolute Gasteiger partial charge is 0.325 e. The first-order chi connectivity index (χ1) is 14.4. The summed E-state index contributed by atoms with van der Waals surface area (Å²) in [6.07, 6.45) is 5.35. The molecule has 0 spiro atoms. The fourth-order valence-electron chi connectivity index (χ4n) is 3.43. The zero-order chi connectivity index (χ0) is 22.1. The van der Waals surface area contributed by atoms with Crippen LogP contribution in [0.2, 0.25) is 0 Å². The highest BCUT2D eigenvalue weighted by Crippen LogP contribution is 2.38. The summed E-state index contributed by atoms with van der Waals surface area (Å²) in [5.74, 6) is -0.456. The van der Waals surface area contributed by atoms with Crippen LogP contribution < -0.4 is 19.5 Å². The molecule has 2 amide bonds. The van der Waals surface area contributed by atoms with Gasteiger partial charge in [0.15, 0.2) is 18.1 Å². The van der Waals surface area contributed by atoms with E-state index in [1.807, 2.05) is 0 Å². The molecule has 9 heteroatoms. The van der Waals surface area contributed by atoms with E-state index in [9.17, 15) is 14.4 Å². The number of carbonyl (C=O) groups is 3. The quantitative estimate of drug-likeness (QED) is 0.605. The van der Waals surface area contributed by atoms with Crippen LogP contribution >= 0.6 is 0 Å². The summed E-state index contributed by atoms with van der Waals surface area (Å²) >= 11 is 0. The summed E-state index contributed by atoms with van der Waals surface area (Å²) in [5, 5.41) is 2.46. The van der Waals surface area contributed by atoms with E-state index in [0.29, 0.717) is 17.2 Å². The van der Waals surface area contributed by atoms with Gasteiger partial charge in [-0.1, -0.05) is 19.3 Å². The van der Waals surface area contributed by atoms with E-state index >= 15 is 0 Å². The number of likely N-dealkylation sites (N-methyl/N-ethyl adjacent to an activating group) is 1. The Morgan fingerprint density at radius 2 is 1.60 bits per heavy atom. The second-order valence-corrected chi connectivity index (χ2v) is 7.05. The van der Waals surface area contributed by atoms with Gasteiger partial charge in [0.25, 0.3) is 11.8 Å². The SMILES string of the molecule is COc1cc(C(=O)NCC(=O)OCC(=O)N(C)C2CCCCC2)cc(OC)c1OC. The summed E-state index contributed by atoms with van der Waals surface area (Å²) in [4.78, 5) is 38.2. The van der Waals surface area contributed by atoms with Crippen LogP contribution in [-0.4, -0.2) is 70.3 Å². The van der Waals surface area contributed by atoms with Gasteiger partial charge in [0.1, 0.15) is 6.54 Å². The lowest BCUT2D eigenvalue weighted by molar-refractivity contribution is -0.151. The lowest BCUT2D eigenvalue weighted by Crippen LogP contribution is -2.41. The molecule has 1 aliphatic carbocycles. The summed E-state index contributed by atoms with van der Waals surface area (Å²) in [7, 11) is 6.08. The Balaban J connectivity index is 1.85. The molecule has 0 aliphatic heterocycles. The van der Waals surface area contributed by atoms with Gasteiger partial charge in [0, 0.05) is 18.7 Å². The fourth-order valence-corrected chi connectivity index (χ4v) is 3.43. The molecule has 2 rings (SSSR count). The standard InChI is InChI=1S/C21H30N2O7/c1-23(15-8-6-5-7-9-15)18(24)13-30-19(25)12-22-21(26)14-10-16(27-2)20(29-4)17(11-14)28-3/h10-11,15H,5-9,12-13H2,1-4H3,(H,22,26). The van der Waals surface area contributed by atoms with E-state index < -0.39 is 11.9 Å². The Kier molecular flexibility index (Phi) is 8.76. The molecule has 9 nitrogen and oxygen atoms in total. The molecular formula is C21H30N2O7. The van der Waals surface area contributed by atoms with Crippen LogP contribution in [0.25, 0.3) is 0 Å². The number of nitrogens with zero attached hydrogens (tertiary/aromatic N) is 1. The Morgan fingerprint density at radius 1 is 1.00 bits per heavy atom. The van der Waals surface area contributed by atoms with Crippen molar-refractivity contribution in [3.63, 3.8) is 0 Å². The molecule has 0 heterocycles. The maximum atomic E-state index is 12.4. The first-order valence-corrected chi connectivity index (χ1v) is 9.90. The van der Waals surface area contributed by atoms with Crippen molar-refractivity contribution in [2.24, 2.45) is 0 Å². The third kappa shape index (κ3) is 6.01. The van der Waals surface area contributed by atoms with Gasteiger partial charge in [-0.05, 0) is 25.0 Å². The molecule has 0 bridgehead atoms. The Morgan fingerprint density at radius 3 is 2.13 bits per heavy atom. The van der Waals surface area contributed by atoms with Crippen molar-refractivity contribution in [2.45, 2.75) is 38.1 Å². The number of benzene rings is 1. The van der Waals surface area contributed by atoms with Crippen molar-refractivity contribution in [1.29, 1.82) is 0 Å². The maximum absolute atomic E-state index is 12.4. The summed E-state index contributed by atoms with van der Waals surface area (Å²) in [5.41, 5.74) is 0.227. The number of ether oxygens (including phenoxy) is 4. The van der Waals surface area contributed by atoms with Gasteiger partial charge in [0.05, 0.1) is 21.3 Å². The van der Waals surface area contributed by atoms with Crippen LogP contribution in [0.5, 0.6) is 17.2 Å². The van der Waals surface area contributed by atoms with Gasteiger partial charge in [0.2, 0.25) is 5.75 Å². The molecule has 1 saturated carbocycles. The fraction of sp³-hybridized carbons (Fsp3) is 0.571. The van der Waals surface area contributed by atoms with E-state index in [4.69, 9.17) is 18.9 Å². The van der Waals surface area contributed by atoms with E-state index in [0.717, 1.165) is 25.7 Å². The Bertz CT molecular complexity index is 735. The van der Waals surface area contributed by atoms with Crippen LogP contribution in [0.15, 0.2) is 12.1 Å². The van der Waals surface area contributed by atoms with Gasteiger partial charge < -0.3 is 29.2 Å². The highest BCUT2D eigenvalue weighted by molar-refractivity contribution is 5.97. The normalized spacial score (nSPS) is 13.9. The molecule has 0 saturated heterocycles. The molecule has 0 radical (unpaired) electrons. The molecule has 1 aliphatic rings. The van der Waals surface area contributed by atoms with E-state index in [2.05, 4.69) is 5.32 Å². The van der Waals surface area contributed by atoms with Gasteiger partial charge in [-0.2, -0.15) is 0 Å². The number of hydrogen-bond acceptors (Lipinski definition) is 7. The van der Waals surface area contributed by atoms with Crippen LogP contribution in [0.3, 0.4) is 0 Å². The first-order valence-electron chi connectivity index (χ1n) is 9.90. The minimum Gasteiger partial charge on any atom is -0.493 e. The number of methoxy groups -OCH3 is 3. The third-order valence-electron chi connectivity index (χ3n) is 5.19. The molecule has 1 fully saturated rings. The van der Waals surface area contributed by atoms with Crippen molar-refractivity contribution in [1.82, 2.24) is 10.2 Å². The predicted molar refractivity (Wildman–Crippen MR) is 109 cm³/mol. The van der Waals surface area contributed by atoms with Crippen LogP contribution in [0, 0.1) is 0 Å². The minimum atomic E-state index is -0.693. The van der Waals surface area contributed by atoms with Crippen LogP contribution in [0.1, 0.15) is 42.5 Å². The molecule has 0 atom stereocenters. The molecule has 166 valence electrons. The van der Waals surface area contributed by atoms with Crippen LogP contribution in [0.4, 0.5) is 0 Å². The maximum Gasteiger partial charge on any atom is 0.325 e. The van der Waals surface area contributed by atoms with Crippen molar-refractivity contribution in [2.75, 3.05) is 41.5 Å². The topological polar surface area (TPSA) is 103 Å². The second-order valence-electron chi connectivity index (χ2n) is 7.05. The lowest BCUT2D eigenvalue weighted by Gasteiger charge is -2.31. The van der Waals surface area contributed by atoms with E-state index in [-0.39, 0.29) is 30.7 Å². The molecule has 30 heavy (non-hydrogen) atoms. The first kappa shape index (κ1) is 23.3. The minimum absolute atomic E-state index is 0.199. The number of rotatable bonds is 9. The average molecular weight is 422 g/mol. The molecular weight excluding hydrogens is 392 g/mol. The summed E-state index contributed by atoms with van der Waals surface area (Å²) in [6.45, 7) is -0.707. The number of esters is 1. The number of amides is 2. The van der Waals surface area contributed by atoms with Crippen molar-refractivity contribution < 1.29 is 33.3 Å². The monoisotopic (exact) mass is 422 g/mol. The zero-order valence-corrected chi connectivity index (χ0v) is 18.0. The highest BCUT2D eigenvalue weighted by atomic mass is 16.5. The van der Waals surface area contributed by atoms with Crippen LogP contribution in [-0.2, 0) is 14.3 Å². The highest BCUT2D eigenvalue weighted by Gasteiger charge is 2.23. The largest absolute Gasteiger partial charge is 0.493 e. The van der Waals surface area contributed by atoms with Gasteiger partial charge in [-0.25, -0.2) is 0 Å². The predicted octanol–water partition coefficient (Wildman–Crippen LogP) is 1.78. The Hall–Kier alpha value is -2.97. The average Bonchev–Trinajstić information content (AvgIpc) is 2.79. The molecule has 1 N–H and O–H groups in total. The van der Waals surface area contributed by atoms with E-state index in [1.54, 1.807) is 11.9 Å². The van der Waals surface area contributed by atoms with Gasteiger partial charge >= 0.3 is 5.97 Å². The Labute approximate surface area is 176 Å². The van der Waals surface area contributed by atoms with Crippen molar-refractivity contribution in [3.05, 3.63) is 17.7 Å². The second kappa shape index (κ2) is 11.3. The summed E-state index contributed by atoms with van der Waals surface area (Å²) in [6, 6.07) is 3.15. The van der Waals surface area contributed by atoms with Gasteiger partial charge in [-0.3, -0.25) is 14.4 Å². The molecule has 1 aromatic carbocycles. The lowest BCUT2D eigenvalue weighted by atomic mass is 9.94. The van der Waals surface area contributed by atoms with Crippen molar-refractivity contribution >= 4 is 17.8 Å². The summed E-state index contributed by atoms with van der Waals surface area (Å²) < 4.78 is 20.7. The molecule has 0 aromatic heterocycles. The number of hydrogen-bond donors (Lipinski definition) is 1. The number of nitrogens with one attached hydrogen (secondary N) is 1. The third-order valence-corrected chi connectivity index (χ3v) is 5.19. The van der Waals surface area contributed by atoms with Gasteiger partial charge in [-0.15, -0.1) is 0 Å². The van der Waals surface area contributed by atoms with E-state index in [1.165, 1.54) is 39.9 Å². The van der Waals surface area contributed by atoms with Crippen molar-refractivity contribution in [3.8, 4) is 17.2 Å². The molecule has 1 aromatic rings.